The van der Waals surface area contributed by atoms with Crippen molar-refractivity contribution in [1.82, 2.24) is 20.9 Å². The van der Waals surface area contributed by atoms with Gasteiger partial charge in [-0.2, -0.15) is 12.6 Å². The molecule has 0 bridgehead atoms. The number of aromatic amines is 1. The summed E-state index contributed by atoms with van der Waals surface area (Å²) in [6.07, 6.45) is 2.22. The molecule has 0 aliphatic heterocycles. The van der Waals surface area contributed by atoms with Gasteiger partial charge in [0.1, 0.15) is 18.1 Å². The monoisotopic (exact) mass is 601 g/mol. The van der Waals surface area contributed by atoms with Gasteiger partial charge in [0, 0.05) is 35.7 Å². The van der Waals surface area contributed by atoms with Crippen molar-refractivity contribution in [3.05, 3.63) is 108 Å². The molecule has 0 spiro atoms. The zero-order valence-corrected chi connectivity index (χ0v) is 24.3. The lowest BCUT2D eigenvalue weighted by Gasteiger charge is -2.24. The first-order valence-corrected chi connectivity index (χ1v) is 14.5. The van der Waals surface area contributed by atoms with E-state index in [1.165, 1.54) is 0 Å². The Hall–Kier alpha value is -4.61. The van der Waals surface area contributed by atoms with Crippen molar-refractivity contribution in [3.8, 4) is 0 Å². The van der Waals surface area contributed by atoms with Gasteiger partial charge in [0.05, 0.1) is 6.04 Å². The Bertz CT molecular complexity index is 1550. The highest BCUT2D eigenvalue weighted by Crippen LogP contribution is 2.19. The zero-order valence-electron chi connectivity index (χ0n) is 23.4. The Labute approximate surface area is 254 Å². The first-order valence-electron chi connectivity index (χ1n) is 13.9. The van der Waals surface area contributed by atoms with Gasteiger partial charge in [-0.05, 0) is 29.2 Å². The highest BCUT2D eigenvalue weighted by atomic mass is 32.1. The number of nitrogens with one attached hydrogen (secondary N) is 4. The number of H-pyrrole nitrogens is 1. The number of benzene rings is 3. The number of carbonyl (C=O) groups excluding carboxylic acids is 3. The third-order valence-corrected chi connectivity index (χ3v) is 7.45. The summed E-state index contributed by atoms with van der Waals surface area (Å²) in [5.41, 5.74) is 9.46. The van der Waals surface area contributed by atoms with Crippen molar-refractivity contribution in [1.29, 1.82) is 0 Å². The number of nitrogens with two attached hydrogens (primary N) is 1. The van der Waals surface area contributed by atoms with Crippen LogP contribution in [0.2, 0.25) is 0 Å². The number of aliphatic carboxylic acids is 1. The van der Waals surface area contributed by atoms with Crippen LogP contribution < -0.4 is 21.7 Å². The third kappa shape index (κ3) is 8.69. The van der Waals surface area contributed by atoms with Crippen LogP contribution in [0.3, 0.4) is 0 Å². The summed E-state index contributed by atoms with van der Waals surface area (Å²) in [4.78, 5) is 54.9. The number of fused-ring (bicyclic) bond motifs is 1. The van der Waals surface area contributed by atoms with E-state index in [2.05, 4.69) is 33.6 Å². The molecule has 4 unspecified atom stereocenters. The van der Waals surface area contributed by atoms with Gasteiger partial charge in [0.2, 0.25) is 17.7 Å². The Balaban J connectivity index is 1.49. The summed E-state index contributed by atoms with van der Waals surface area (Å²) < 4.78 is 0. The van der Waals surface area contributed by atoms with Crippen LogP contribution >= 0.6 is 12.6 Å². The number of hydrogen-bond acceptors (Lipinski definition) is 6. The Kier molecular flexibility index (Phi) is 11.0. The lowest BCUT2D eigenvalue weighted by Crippen LogP contribution is -2.58. The van der Waals surface area contributed by atoms with Gasteiger partial charge in [0.25, 0.3) is 0 Å². The van der Waals surface area contributed by atoms with Gasteiger partial charge in [0.15, 0.2) is 0 Å². The smallest absolute Gasteiger partial charge is 0.326 e. The van der Waals surface area contributed by atoms with Crippen LogP contribution in [0, 0.1) is 0 Å². The number of aromatic nitrogens is 1. The molecule has 10 nitrogen and oxygen atoms in total. The van der Waals surface area contributed by atoms with E-state index in [-0.39, 0.29) is 25.0 Å². The van der Waals surface area contributed by atoms with Gasteiger partial charge in [-0.3, -0.25) is 14.4 Å². The number of amides is 3. The summed E-state index contributed by atoms with van der Waals surface area (Å²) in [6.45, 7) is 0. The SMILES string of the molecule is NC(Cc1ccccc1)C(=O)NC(Cc1c[nH]c2ccccc12)C(=O)NC(CS)C(=O)NC(Cc1ccccc1)C(=O)O. The summed E-state index contributed by atoms with van der Waals surface area (Å²) in [5.74, 6) is -3.17. The number of carboxylic acid groups (broad SMARTS) is 1. The van der Waals surface area contributed by atoms with Gasteiger partial charge in [-0.15, -0.1) is 0 Å². The standard InChI is InChI=1S/C32H35N5O5S/c33-24(15-20-9-3-1-4-10-20)29(38)35-26(17-22-18-34-25-14-8-7-13-23(22)25)30(39)37-28(19-43)31(40)36-27(32(41)42)16-21-11-5-2-6-12-21/h1-14,18,24,26-28,34,43H,15-17,19,33H2,(H,35,38)(H,36,40)(H,37,39)(H,41,42). The maximum atomic E-state index is 13.6. The van der Waals surface area contributed by atoms with E-state index in [1.54, 1.807) is 30.5 Å². The van der Waals surface area contributed by atoms with Crippen LogP contribution in [-0.4, -0.2) is 63.7 Å². The number of thiol groups is 1. The van der Waals surface area contributed by atoms with Crippen molar-refractivity contribution < 1.29 is 24.3 Å². The van der Waals surface area contributed by atoms with Crippen LogP contribution in [0.25, 0.3) is 10.9 Å². The second-order valence-corrected chi connectivity index (χ2v) is 10.6. The van der Waals surface area contributed by atoms with Crippen LogP contribution in [0.15, 0.2) is 91.1 Å². The maximum Gasteiger partial charge on any atom is 0.326 e. The number of hydrogen-bond donors (Lipinski definition) is 7. The van der Waals surface area contributed by atoms with Crippen LogP contribution in [-0.2, 0) is 38.4 Å². The Morgan fingerprint density at radius 2 is 1.23 bits per heavy atom. The van der Waals surface area contributed by atoms with Crippen LogP contribution in [0.4, 0.5) is 0 Å². The molecule has 3 aromatic carbocycles. The van der Waals surface area contributed by atoms with E-state index in [1.807, 2.05) is 60.7 Å². The topological polar surface area (TPSA) is 166 Å². The largest absolute Gasteiger partial charge is 0.480 e. The fourth-order valence-electron chi connectivity index (χ4n) is 4.76. The molecule has 3 amide bonds. The molecule has 4 rings (SSSR count). The minimum absolute atomic E-state index is 0.0632. The average molecular weight is 602 g/mol. The molecule has 224 valence electrons. The number of rotatable bonds is 14. The minimum Gasteiger partial charge on any atom is -0.480 e. The maximum absolute atomic E-state index is 13.6. The fourth-order valence-corrected chi connectivity index (χ4v) is 5.01. The highest BCUT2D eigenvalue weighted by molar-refractivity contribution is 7.80. The summed E-state index contributed by atoms with van der Waals surface area (Å²) >= 11 is 4.23. The van der Waals surface area contributed by atoms with Gasteiger partial charge < -0.3 is 31.8 Å². The first kappa shape index (κ1) is 31.3. The summed E-state index contributed by atoms with van der Waals surface area (Å²) in [7, 11) is 0. The predicted octanol–water partition coefficient (Wildman–Crippen LogP) is 1.99. The molecule has 4 atom stereocenters. The molecule has 11 heteroatoms. The molecule has 0 saturated carbocycles. The average Bonchev–Trinajstić information content (AvgIpc) is 3.42. The molecule has 0 saturated heterocycles. The molecule has 4 aromatic rings. The fraction of sp³-hybridized carbons (Fsp3) is 0.250. The van der Waals surface area contributed by atoms with E-state index in [9.17, 15) is 24.3 Å². The molecular weight excluding hydrogens is 566 g/mol. The molecule has 43 heavy (non-hydrogen) atoms. The normalized spacial score (nSPS) is 13.8. The number of para-hydroxylation sites is 1. The lowest BCUT2D eigenvalue weighted by molar-refractivity contribution is -0.142. The van der Waals surface area contributed by atoms with E-state index in [0.717, 1.165) is 27.6 Å². The van der Waals surface area contributed by atoms with Gasteiger partial charge in [-0.1, -0.05) is 78.9 Å². The molecule has 1 heterocycles. The quantitative estimate of drug-likeness (QED) is 0.109. The van der Waals surface area contributed by atoms with E-state index in [4.69, 9.17) is 5.73 Å². The minimum atomic E-state index is -1.22. The third-order valence-electron chi connectivity index (χ3n) is 7.08. The van der Waals surface area contributed by atoms with Crippen molar-refractivity contribution >= 4 is 47.2 Å². The Morgan fingerprint density at radius 3 is 1.86 bits per heavy atom. The second kappa shape index (κ2) is 15.0. The van der Waals surface area contributed by atoms with Crippen molar-refractivity contribution in [2.75, 3.05) is 5.75 Å². The molecule has 0 fully saturated rings. The van der Waals surface area contributed by atoms with E-state index >= 15 is 0 Å². The molecular formula is C32H35N5O5S. The van der Waals surface area contributed by atoms with Crippen molar-refractivity contribution in [3.63, 3.8) is 0 Å². The predicted molar refractivity (Wildman–Crippen MR) is 168 cm³/mol. The Morgan fingerprint density at radius 1 is 0.698 bits per heavy atom. The van der Waals surface area contributed by atoms with Crippen LogP contribution in [0.1, 0.15) is 16.7 Å². The number of carbonyl (C=O) groups is 4. The second-order valence-electron chi connectivity index (χ2n) is 10.3. The van der Waals surface area contributed by atoms with E-state index < -0.39 is 47.9 Å². The number of carboxylic acids is 1. The molecule has 0 radical (unpaired) electrons. The van der Waals surface area contributed by atoms with Crippen molar-refractivity contribution in [2.45, 2.75) is 43.4 Å². The van der Waals surface area contributed by atoms with Gasteiger partial charge in [-0.25, -0.2) is 4.79 Å². The molecule has 0 aliphatic carbocycles. The highest BCUT2D eigenvalue weighted by Gasteiger charge is 2.30. The van der Waals surface area contributed by atoms with Gasteiger partial charge >= 0.3 is 5.97 Å². The van der Waals surface area contributed by atoms with Crippen LogP contribution in [0.5, 0.6) is 0 Å². The first-order chi connectivity index (χ1) is 20.7. The molecule has 1 aromatic heterocycles. The molecule has 0 aliphatic rings. The summed E-state index contributed by atoms with van der Waals surface area (Å²) in [6, 6.07) is 21.4. The molecule has 7 N–H and O–H groups in total. The zero-order chi connectivity index (χ0) is 30.8. The van der Waals surface area contributed by atoms with Crippen molar-refractivity contribution in [2.24, 2.45) is 5.73 Å². The summed E-state index contributed by atoms with van der Waals surface area (Å²) in [5, 5.41) is 18.5. The van der Waals surface area contributed by atoms with E-state index in [0.29, 0.717) is 0 Å². The lowest BCUT2D eigenvalue weighted by atomic mass is 10.0.